The number of benzene rings is 2. The van der Waals surface area contributed by atoms with E-state index in [0.29, 0.717) is 11.4 Å². The Hall–Kier alpha value is -1.12. The van der Waals surface area contributed by atoms with Crippen molar-refractivity contribution in [3.05, 3.63) is 68.7 Å². The molecule has 0 radical (unpaired) electrons. The molecule has 1 nitrogen and oxygen atoms in total. The van der Waals surface area contributed by atoms with Crippen molar-refractivity contribution in [1.29, 1.82) is 0 Å². The number of carbonyl (C=O) groups is 1. The molecule has 0 aliphatic rings. The highest BCUT2D eigenvalue weighted by molar-refractivity contribution is 9.10. The van der Waals surface area contributed by atoms with Crippen LogP contribution in [0.25, 0.3) is 0 Å². The van der Waals surface area contributed by atoms with E-state index in [1.807, 2.05) is 42.5 Å². The van der Waals surface area contributed by atoms with Gasteiger partial charge in [0.15, 0.2) is 5.78 Å². The molecule has 19 heavy (non-hydrogen) atoms. The highest BCUT2D eigenvalue weighted by Gasteiger charge is 2.12. The summed E-state index contributed by atoms with van der Waals surface area (Å²) in [6, 6.07) is 13.3. The number of hydrogen-bond acceptors (Lipinski definition) is 1. The molecule has 2 aromatic carbocycles. The summed E-state index contributed by atoms with van der Waals surface area (Å²) < 4.78 is 0.919. The first-order valence-corrected chi connectivity index (χ1v) is 7.34. The second-order valence-electron chi connectivity index (χ2n) is 4.35. The molecule has 0 fully saturated rings. The lowest BCUT2D eigenvalue weighted by atomic mass is 9.97. The van der Waals surface area contributed by atoms with Crippen LogP contribution in [0, 0.1) is 0 Å². The fourth-order valence-electron chi connectivity index (χ4n) is 2.03. The van der Waals surface area contributed by atoms with Crippen molar-refractivity contribution < 1.29 is 4.79 Å². The quantitative estimate of drug-likeness (QED) is 0.710. The zero-order valence-electron chi connectivity index (χ0n) is 10.6. The van der Waals surface area contributed by atoms with Crippen molar-refractivity contribution in [1.82, 2.24) is 0 Å². The molecule has 0 atom stereocenters. The van der Waals surface area contributed by atoms with Crippen LogP contribution in [-0.2, 0) is 12.8 Å². The summed E-state index contributed by atoms with van der Waals surface area (Å²) in [5, 5.41) is 0.622. The van der Waals surface area contributed by atoms with E-state index >= 15 is 0 Å². The van der Waals surface area contributed by atoms with Gasteiger partial charge in [0.2, 0.25) is 0 Å². The normalized spacial score (nSPS) is 10.5. The summed E-state index contributed by atoms with van der Waals surface area (Å²) in [5.41, 5.74) is 2.74. The maximum absolute atomic E-state index is 12.4. The molecule has 0 N–H and O–H groups in total. The molecule has 98 valence electrons. The van der Waals surface area contributed by atoms with Crippen LogP contribution in [0.1, 0.15) is 28.4 Å². The van der Waals surface area contributed by atoms with Gasteiger partial charge in [0.25, 0.3) is 0 Å². The van der Waals surface area contributed by atoms with Gasteiger partial charge in [-0.3, -0.25) is 4.79 Å². The van der Waals surface area contributed by atoms with Crippen LogP contribution in [0.5, 0.6) is 0 Å². The van der Waals surface area contributed by atoms with Crippen LogP contribution in [-0.4, -0.2) is 5.78 Å². The Kier molecular flexibility index (Phi) is 4.78. The summed E-state index contributed by atoms with van der Waals surface area (Å²) in [6.07, 6.45) is 1.19. The highest BCUT2D eigenvalue weighted by atomic mass is 79.9. The van der Waals surface area contributed by atoms with Crippen LogP contribution in [0.4, 0.5) is 0 Å². The molecule has 0 spiro atoms. The first kappa shape index (κ1) is 14.3. The zero-order valence-corrected chi connectivity index (χ0v) is 13.0. The second kappa shape index (κ2) is 6.36. The Morgan fingerprint density at radius 1 is 1.16 bits per heavy atom. The molecule has 2 aromatic rings. The number of aryl methyl sites for hydroxylation is 1. The minimum Gasteiger partial charge on any atom is -0.294 e. The van der Waals surface area contributed by atoms with Crippen LogP contribution < -0.4 is 0 Å². The molecule has 0 aliphatic heterocycles. The minimum absolute atomic E-state index is 0.113. The van der Waals surface area contributed by atoms with Crippen molar-refractivity contribution in [3.63, 3.8) is 0 Å². The predicted octanol–water partition coefficient (Wildman–Crippen LogP) is 5.09. The molecule has 0 heterocycles. The minimum atomic E-state index is 0.113. The average Bonchev–Trinajstić information content (AvgIpc) is 2.41. The van der Waals surface area contributed by atoms with E-state index < -0.39 is 0 Å². The standard InChI is InChI=1S/C16H14BrClO/c1-2-11-5-3-4-6-14(11)16(19)9-12-7-8-13(17)10-15(12)18/h3-8,10H,2,9H2,1H3. The monoisotopic (exact) mass is 336 g/mol. The lowest BCUT2D eigenvalue weighted by molar-refractivity contribution is 0.0992. The summed E-state index contributed by atoms with van der Waals surface area (Å²) >= 11 is 9.51. The predicted molar refractivity (Wildman–Crippen MR) is 83.0 cm³/mol. The third-order valence-electron chi connectivity index (χ3n) is 3.06. The lowest BCUT2D eigenvalue weighted by Gasteiger charge is -2.08. The topological polar surface area (TPSA) is 17.1 Å². The van der Waals surface area contributed by atoms with E-state index in [1.54, 1.807) is 0 Å². The molecule has 0 bridgehead atoms. The average molecular weight is 338 g/mol. The van der Waals surface area contributed by atoms with Crippen molar-refractivity contribution >= 4 is 33.3 Å². The first-order chi connectivity index (χ1) is 9.11. The van der Waals surface area contributed by atoms with Gasteiger partial charge in [-0.25, -0.2) is 0 Å². The fraction of sp³-hybridized carbons (Fsp3) is 0.188. The van der Waals surface area contributed by atoms with Gasteiger partial charge in [-0.2, -0.15) is 0 Å². The Bertz CT molecular complexity index is 607. The number of halogens is 2. The number of carbonyl (C=O) groups excluding carboxylic acids is 1. The maximum atomic E-state index is 12.4. The number of ketones is 1. The highest BCUT2D eigenvalue weighted by Crippen LogP contribution is 2.23. The van der Waals surface area contributed by atoms with Gasteiger partial charge < -0.3 is 0 Å². The van der Waals surface area contributed by atoms with E-state index in [0.717, 1.165) is 27.6 Å². The lowest BCUT2D eigenvalue weighted by Crippen LogP contribution is -2.07. The van der Waals surface area contributed by atoms with E-state index in [1.165, 1.54) is 0 Å². The zero-order chi connectivity index (χ0) is 13.8. The molecule has 0 aliphatic carbocycles. The van der Waals surface area contributed by atoms with Gasteiger partial charge in [-0.1, -0.05) is 64.8 Å². The van der Waals surface area contributed by atoms with Crippen LogP contribution in [0.2, 0.25) is 5.02 Å². The molecule has 0 amide bonds. The molecule has 0 unspecified atom stereocenters. The summed E-state index contributed by atoms with van der Waals surface area (Å²) in [4.78, 5) is 12.4. The van der Waals surface area contributed by atoms with Crippen LogP contribution in [0.15, 0.2) is 46.9 Å². The van der Waals surface area contributed by atoms with Crippen molar-refractivity contribution in [2.45, 2.75) is 19.8 Å². The van der Waals surface area contributed by atoms with E-state index in [-0.39, 0.29) is 5.78 Å². The summed E-state index contributed by atoms with van der Waals surface area (Å²) in [5.74, 6) is 0.113. The van der Waals surface area contributed by atoms with Gasteiger partial charge in [-0.15, -0.1) is 0 Å². The molecule has 2 rings (SSSR count). The van der Waals surface area contributed by atoms with E-state index in [4.69, 9.17) is 11.6 Å². The summed E-state index contributed by atoms with van der Waals surface area (Å²) in [7, 11) is 0. The molecule has 0 aromatic heterocycles. The van der Waals surface area contributed by atoms with E-state index in [2.05, 4.69) is 22.9 Å². The smallest absolute Gasteiger partial charge is 0.167 e. The number of hydrogen-bond donors (Lipinski definition) is 0. The first-order valence-electron chi connectivity index (χ1n) is 6.17. The SMILES string of the molecule is CCc1ccccc1C(=O)Cc1ccc(Br)cc1Cl. The number of rotatable bonds is 4. The Balaban J connectivity index is 2.26. The van der Waals surface area contributed by atoms with Gasteiger partial charge in [0, 0.05) is 21.5 Å². The molecule has 0 saturated carbocycles. The fourth-order valence-corrected chi connectivity index (χ4v) is 2.77. The molecular weight excluding hydrogens is 324 g/mol. The summed E-state index contributed by atoms with van der Waals surface area (Å²) in [6.45, 7) is 2.05. The molecule has 0 saturated heterocycles. The van der Waals surface area contributed by atoms with Crippen molar-refractivity contribution in [2.24, 2.45) is 0 Å². The maximum Gasteiger partial charge on any atom is 0.167 e. The third kappa shape index (κ3) is 3.46. The molecular formula is C16H14BrClO. The van der Waals surface area contributed by atoms with Crippen molar-refractivity contribution in [3.8, 4) is 0 Å². The van der Waals surface area contributed by atoms with Crippen molar-refractivity contribution in [2.75, 3.05) is 0 Å². The Labute approximate surface area is 126 Å². The largest absolute Gasteiger partial charge is 0.294 e. The number of Topliss-reactive ketones (excluding diaryl/α,β-unsaturated/α-hetero) is 1. The van der Waals surface area contributed by atoms with Crippen LogP contribution in [0.3, 0.4) is 0 Å². The van der Waals surface area contributed by atoms with Gasteiger partial charge in [-0.05, 0) is 29.7 Å². The van der Waals surface area contributed by atoms with Crippen LogP contribution >= 0.6 is 27.5 Å². The van der Waals surface area contributed by atoms with Gasteiger partial charge in [0.05, 0.1) is 0 Å². The third-order valence-corrected chi connectivity index (χ3v) is 3.91. The Morgan fingerprint density at radius 2 is 1.89 bits per heavy atom. The van der Waals surface area contributed by atoms with Gasteiger partial charge in [0.1, 0.15) is 0 Å². The van der Waals surface area contributed by atoms with E-state index in [9.17, 15) is 4.79 Å². The second-order valence-corrected chi connectivity index (χ2v) is 5.67. The van der Waals surface area contributed by atoms with Gasteiger partial charge >= 0.3 is 0 Å². The molecule has 3 heteroatoms. The Morgan fingerprint density at radius 3 is 2.58 bits per heavy atom.